The Morgan fingerprint density at radius 1 is 1.30 bits per heavy atom. The van der Waals surface area contributed by atoms with Gasteiger partial charge in [-0.3, -0.25) is 9.69 Å². The molecule has 0 unspecified atom stereocenters. The van der Waals surface area contributed by atoms with Crippen molar-refractivity contribution in [2.45, 2.75) is 50.1 Å². The Hall–Kier alpha value is 0.380. The Morgan fingerprint density at radius 2 is 1.96 bits per heavy atom. The third kappa shape index (κ3) is 6.31. The number of halogens is 1. The first-order valence-corrected chi connectivity index (χ1v) is 11.1. The van der Waals surface area contributed by atoms with Crippen LogP contribution in [-0.4, -0.2) is 65.5 Å². The fourth-order valence-electron chi connectivity index (χ4n) is 3.61. The molecule has 4 nitrogen and oxygen atoms in total. The molecule has 2 aliphatic rings. The molecular formula is C16H32ClN3OS2. The summed E-state index contributed by atoms with van der Waals surface area (Å²) in [6.45, 7) is 3.11. The van der Waals surface area contributed by atoms with Gasteiger partial charge in [-0.25, -0.2) is 0 Å². The van der Waals surface area contributed by atoms with E-state index in [1.165, 1.54) is 56.7 Å². The van der Waals surface area contributed by atoms with Crippen LogP contribution in [0.3, 0.4) is 0 Å². The van der Waals surface area contributed by atoms with E-state index in [0.29, 0.717) is 0 Å². The third-order valence-corrected chi connectivity index (χ3v) is 6.61. The van der Waals surface area contributed by atoms with Gasteiger partial charge in [0, 0.05) is 36.7 Å². The maximum absolute atomic E-state index is 12.2. The Bertz CT molecular complexity index is 348. The van der Waals surface area contributed by atoms with Crippen molar-refractivity contribution in [2.24, 2.45) is 5.73 Å². The molecular weight excluding hydrogens is 350 g/mol. The van der Waals surface area contributed by atoms with E-state index in [-0.39, 0.29) is 29.9 Å². The normalized spacial score (nSPS) is 22.9. The van der Waals surface area contributed by atoms with E-state index in [2.05, 4.69) is 16.5 Å². The second kappa shape index (κ2) is 11.1. The summed E-state index contributed by atoms with van der Waals surface area (Å²) in [4.78, 5) is 14.9. The van der Waals surface area contributed by atoms with Gasteiger partial charge < -0.3 is 11.1 Å². The van der Waals surface area contributed by atoms with Gasteiger partial charge in [-0.1, -0.05) is 19.3 Å². The summed E-state index contributed by atoms with van der Waals surface area (Å²) >= 11 is 3.79. The standard InChI is InChI=1S/C16H31N3OS2.ClH/c1-21-10-5-14(17)15(20)18-13-16(6-3-2-4-7-16)19-8-11-22-12-9-19;/h14H,2-13,17H2,1H3,(H,18,20);1H/t14-;/m0./s1. The molecule has 0 aromatic rings. The van der Waals surface area contributed by atoms with E-state index in [0.717, 1.165) is 18.7 Å². The van der Waals surface area contributed by atoms with Gasteiger partial charge in [0.1, 0.15) is 0 Å². The zero-order chi connectivity index (χ0) is 15.8. The van der Waals surface area contributed by atoms with Crippen molar-refractivity contribution in [3.8, 4) is 0 Å². The molecule has 2 fully saturated rings. The average molecular weight is 382 g/mol. The molecule has 1 heterocycles. The van der Waals surface area contributed by atoms with Gasteiger partial charge >= 0.3 is 0 Å². The highest BCUT2D eigenvalue weighted by Gasteiger charge is 2.38. The minimum Gasteiger partial charge on any atom is -0.353 e. The highest BCUT2D eigenvalue weighted by atomic mass is 35.5. The van der Waals surface area contributed by atoms with Crippen LogP contribution in [0.25, 0.3) is 0 Å². The van der Waals surface area contributed by atoms with Crippen molar-refractivity contribution < 1.29 is 4.79 Å². The first kappa shape index (κ1) is 21.4. The second-order valence-corrected chi connectivity index (χ2v) is 8.70. The lowest BCUT2D eigenvalue weighted by Gasteiger charge is -2.48. The van der Waals surface area contributed by atoms with Gasteiger partial charge in [0.25, 0.3) is 0 Å². The minimum atomic E-state index is -0.356. The van der Waals surface area contributed by atoms with Crippen LogP contribution in [0.4, 0.5) is 0 Å². The quantitative estimate of drug-likeness (QED) is 0.708. The van der Waals surface area contributed by atoms with Gasteiger partial charge in [0.15, 0.2) is 0 Å². The fourth-order valence-corrected chi connectivity index (χ4v) is 5.00. The monoisotopic (exact) mass is 381 g/mol. The van der Waals surface area contributed by atoms with E-state index in [9.17, 15) is 4.79 Å². The van der Waals surface area contributed by atoms with Gasteiger partial charge in [-0.2, -0.15) is 23.5 Å². The molecule has 1 saturated carbocycles. The van der Waals surface area contributed by atoms with Gasteiger partial charge in [0.2, 0.25) is 5.91 Å². The summed E-state index contributed by atoms with van der Waals surface area (Å²) in [5.41, 5.74) is 6.19. The lowest BCUT2D eigenvalue weighted by Crippen LogP contribution is -2.60. The van der Waals surface area contributed by atoms with Gasteiger partial charge in [-0.05, 0) is 31.3 Å². The topological polar surface area (TPSA) is 58.4 Å². The first-order valence-electron chi connectivity index (χ1n) is 8.53. The SMILES string of the molecule is CSCC[C@H](N)C(=O)NCC1(N2CCSCC2)CCCCC1.Cl. The van der Waals surface area contributed by atoms with E-state index in [1.807, 2.05) is 11.8 Å². The van der Waals surface area contributed by atoms with Gasteiger partial charge in [0.05, 0.1) is 6.04 Å². The maximum Gasteiger partial charge on any atom is 0.237 e. The molecule has 0 bridgehead atoms. The number of carbonyl (C=O) groups is 1. The third-order valence-electron chi connectivity index (χ3n) is 5.03. The predicted octanol–water partition coefficient (Wildman–Crippen LogP) is 2.36. The van der Waals surface area contributed by atoms with E-state index >= 15 is 0 Å². The number of carbonyl (C=O) groups excluding carboxylic acids is 1. The van der Waals surface area contributed by atoms with Crippen LogP contribution in [0.15, 0.2) is 0 Å². The number of thioether (sulfide) groups is 2. The number of amides is 1. The summed E-state index contributed by atoms with van der Waals surface area (Å²) in [6.07, 6.45) is 9.17. The Balaban J connectivity index is 0.00000264. The molecule has 136 valence electrons. The summed E-state index contributed by atoms with van der Waals surface area (Å²) < 4.78 is 0. The van der Waals surface area contributed by atoms with Crippen molar-refractivity contribution in [3.05, 3.63) is 0 Å². The Morgan fingerprint density at radius 3 is 2.57 bits per heavy atom. The van der Waals surface area contributed by atoms with Crippen LogP contribution >= 0.6 is 35.9 Å². The summed E-state index contributed by atoms with van der Waals surface area (Å²) in [5.74, 6) is 3.43. The second-order valence-electron chi connectivity index (χ2n) is 6.49. The van der Waals surface area contributed by atoms with Crippen molar-refractivity contribution in [3.63, 3.8) is 0 Å². The molecule has 0 spiro atoms. The zero-order valence-electron chi connectivity index (χ0n) is 14.2. The number of hydrogen-bond donors (Lipinski definition) is 2. The summed E-state index contributed by atoms with van der Waals surface area (Å²) in [5, 5.41) is 3.18. The van der Waals surface area contributed by atoms with Crippen molar-refractivity contribution in [2.75, 3.05) is 43.1 Å². The van der Waals surface area contributed by atoms with Crippen LogP contribution in [0, 0.1) is 0 Å². The molecule has 2 rings (SSSR count). The molecule has 1 amide bonds. The highest BCUT2D eigenvalue weighted by molar-refractivity contribution is 7.99. The molecule has 3 N–H and O–H groups in total. The van der Waals surface area contributed by atoms with Crippen LogP contribution in [0.2, 0.25) is 0 Å². The molecule has 1 atom stereocenters. The first-order chi connectivity index (χ1) is 10.7. The average Bonchev–Trinajstić information content (AvgIpc) is 2.59. The Labute approximate surface area is 155 Å². The Kier molecular flexibility index (Phi) is 10.3. The van der Waals surface area contributed by atoms with E-state index in [1.54, 1.807) is 11.8 Å². The smallest absolute Gasteiger partial charge is 0.237 e. The number of rotatable bonds is 7. The van der Waals surface area contributed by atoms with Crippen molar-refractivity contribution in [1.82, 2.24) is 10.2 Å². The number of hydrogen-bond acceptors (Lipinski definition) is 5. The molecule has 0 aromatic carbocycles. The number of nitrogens with two attached hydrogens (primary N) is 1. The van der Waals surface area contributed by atoms with Crippen LogP contribution in [0.5, 0.6) is 0 Å². The van der Waals surface area contributed by atoms with E-state index in [4.69, 9.17) is 5.73 Å². The predicted molar refractivity (Wildman–Crippen MR) is 106 cm³/mol. The minimum absolute atomic E-state index is 0. The molecule has 7 heteroatoms. The van der Waals surface area contributed by atoms with Crippen LogP contribution in [0.1, 0.15) is 38.5 Å². The molecule has 0 aromatic heterocycles. The number of nitrogens with zero attached hydrogens (tertiary/aromatic N) is 1. The highest BCUT2D eigenvalue weighted by Crippen LogP contribution is 2.34. The fraction of sp³-hybridized carbons (Fsp3) is 0.938. The molecule has 0 radical (unpaired) electrons. The lowest BCUT2D eigenvalue weighted by molar-refractivity contribution is -0.123. The summed E-state index contributed by atoms with van der Waals surface area (Å²) in [7, 11) is 0. The molecule has 23 heavy (non-hydrogen) atoms. The lowest BCUT2D eigenvalue weighted by atomic mass is 9.80. The van der Waals surface area contributed by atoms with Crippen molar-refractivity contribution >= 4 is 41.8 Å². The summed E-state index contributed by atoms with van der Waals surface area (Å²) in [6, 6.07) is -0.356. The molecule has 1 aliphatic carbocycles. The van der Waals surface area contributed by atoms with Crippen LogP contribution < -0.4 is 11.1 Å². The molecule has 1 aliphatic heterocycles. The largest absolute Gasteiger partial charge is 0.353 e. The van der Waals surface area contributed by atoms with Crippen LogP contribution in [-0.2, 0) is 4.79 Å². The zero-order valence-corrected chi connectivity index (χ0v) is 16.7. The maximum atomic E-state index is 12.2. The van der Waals surface area contributed by atoms with E-state index < -0.39 is 0 Å². The molecule has 1 saturated heterocycles. The van der Waals surface area contributed by atoms with Gasteiger partial charge in [-0.15, -0.1) is 12.4 Å². The number of nitrogens with one attached hydrogen (secondary N) is 1. The van der Waals surface area contributed by atoms with Crippen molar-refractivity contribution in [1.29, 1.82) is 0 Å².